The van der Waals surface area contributed by atoms with Crippen LogP contribution in [0.1, 0.15) is 20.3 Å². The van der Waals surface area contributed by atoms with Crippen LogP contribution in [0.3, 0.4) is 0 Å². The molecule has 0 aliphatic heterocycles. The van der Waals surface area contributed by atoms with Crippen molar-refractivity contribution in [3.63, 3.8) is 0 Å². The second-order valence-corrected chi connectivity index (χ2v) is 5.63. The van der Waals surface area contributed by atoms with Crippen LogP contribution in [-0.4, -0.2) is 73.4 Å². The van der Waals surface area contributed by atoms with Crippen LogP contribution in [0.4, 0.5) is 0 Å². The summed E-state index contributed by atoms with van der Waals surface area (Å²) in [6, 6.07) is -0.739. The number of hydrogen-bond donors (Lipinski definition) is 0. The van der Waals surface area contributed by atoms with Gasteiger partial charge in [0, 0.05) is 21.1 Å². The molecule has 0 amide bonds. The van der Waals surface area contributed by atoms with Crippen molar-refractivity contribution in [3.8, 4) is 0 Å². The first-order valence-corrected chi connectivity index (χ1v) is 7.71. The maximum atomic E-state index is 11.9. The maximum absolute atomic E-state index is 11.9. The first-order chi connectivity index (χ1) is 9.87. The van der Waals surface area contributed by atoms with Gasteiger partial charge in [0.1, 0.15) is 6.04 Å². The highest BCUT2D eigenvalue weighted by Crippen LogP contribution is 2.14. The Hall–Kier alpha value is -1.00. The molecule has 1 unspecified atom stereocenters. The molecule has 0 aromatic carbocycles. The number of ether oxygens (including phenoxy) is 4. The van der Waals surface area contributed by atoms with E-state index in [1.54, 1.807) is 11.5 Å². The van der Waals surface area contributed by atoms with E-state index in [2.05, 4.69) is 4.74 Å². The molecule has 0 N–H and O–H groups in total. The van der Waals surface area contributed by atoms with Crippen molar-refractivity contribution in [2.24, 2.45) is 0 Å². The van der Waals surface area contributed by atoms with Crippen LogP contribution in [-0.2, 0) is 33.0 Å². The molecular formula is C12H25NO7Si. The molecular weight excluding hydrogens is 298 g/mol. The molecule has 8 nitrogen and oxygen atoms in total. The normalized spacial score (nSPS) is 13.7. The lowest BCUT2D eigenvalue weighted by Crippen LogP contribution is -2.49. The molecule has 0 heterocycles. The van der Waals surface area contributed by atoms with Crippen molar-refractivity contribution >= 4 is 21.9 Å². The van der Waals surface area contributed by atoms with E-state index in [9.17, 15) is 9.59 Å². The molecule has 0 aromatic rings. The Morgan fingerprint density at radius 3 is 2.10 bits per heavy atom. The first-order valence-electron chi connectivity index (χ1n) is 6.50. The van der Waals surface area contributed by atoms with Crippen LogP contribution < -0.4 is 0 Å². The van der Waals surface area contributed by atoms with Gasteiger partial charge in [-0.1, -0.05) is 6.92 Å². The van der Waals surface area contributed by atoms with Gasteiger partial charge in [0.2, 0.25) is 9.92 Å². The second-order valence-electron chi connectivity index (χ2n) is 4.27. The largest absolute Gasteiger partial charge is 0.469 e. The summed E-state index contributed by atoms with van der Waals surface area (Å²) >= 11 is 0. The molecule has 124 valence electrons. The Kier molecular flexibility index (Phi) is 9.38. The first kappa shape index (κ1) is 20.0. The smallest absolute Gasteiger partial charge is 0.323 e. The van der Waals surface area contributed by atoms with Crippen LogP contribution in [0.2, 0.25) is 0 Å². The van der Waals surface area contributed by atoms with Crippen LogP contribution >= 0.6 is 0 Å². The van der Waals surface area contributed by atoms with Crippen LogP contribution in [0.15, 0.2) is 0 Å². The molecule has 21 heavy (non-hydrogen) atoms. The van der Waals surface area contributed by atoms with Gasteiger partial charge in [-0.25, -0.2) is 0 Å². The van der Waals surface area contributed by atoms with Gasteiger partial charge in [0.05, 0.1) is 20.6 Å². The summed E-state index contributed by atoms with van der Waals surface area (Å²) in [6.07, 6.45) is -0.0932. The maximum Gasteiger partial charge on any atom is 0.323 e. The number of carbonyl (C=O) groups excluding carboxylic acids is 2. The molecule has 0 aromatic heterocycles. The minimum atomic E-state index is -1.38. The Morgan fingerprint density at radius 2 is 1.71 bits per heavy atom. The summed E-state index contributed by atoms with van der Waals surface area (Å²) in [5, 5.41) is 0. The van der Waals surface area contributed by atoms with Crippen molar-refractivity contribution in [2.45, 2.75) is 32.3 Å². The van der Waals surface area contributed by atoms with Crippen molar-refractivity contribution in [2.75, 3.05) is 35.0 Å². The monoisotopic (exact) mass is 323 g/mol. The van der Waals surface area contributed by atoms with E-state index in [4.69, 9.17) is 18.6 Å². The number of hydrogen-bond acceptors (Lipinski definition) is 8. The summed E-state index contributed by atoms with van der Waals surface area (Å²) < 4.78 is 27.0. The number of likely N-dealkylation sites (N-methyl/N-ethyl adjacent to an activating group) is 1. The molecule has 0 saturated carbocycles. The minimum absolute atomic E-state index is 0.0932. The molecule has 0 fully saturated rings. The van der Waals surface area contributed by atoms with Gasteiger partial charge in [0.25, 0.3) is 5.97 Å². The highest BCUT2D eigenvalue weighted by Gasteiger charge is 2.32. The number of methoxy groups -OCH3 is 4. The lowest BCUT2D eigenvalue weighted by Gasteiger charge is -2.32. The van der Waals surface area contributed by atoms with Crippen molar-refractivity contribution in [3.05, 3.63) is 0 Å². The van der Waals surface area contributed by atoms with Gasteiger partial charge in [-0.3, -0.25) is 14.2 Å². The zero-order valence-corrected chi connectivity index (χ0v) is 14.9. The average Bonchev–Trinajstić information content (AvgIpc) is 2.52. The third kappa shape index (κ3) is 6.53. The summed E-state index contributed by atoms with van der Waals surface area (Å²) in [4.78, 5) is 23.3. The number of rotatable bonds is 10. The topological polar surface area (TPSA) is 83.5 Å². The van der Waals surface area contributed by atoms with Crippen LogP contribution in [0.5, 0.6) is 0 Å². The Morgan fingerprint density at radius 1 is 1.14 bits per heavy atom. The molecule has 0 aliphatic rings. The fourth-order valence-corrected chi connectivity index (χ4v) is 2.82. The highest BCUT2D eigenvalue weighted by atomic mass is 28.2. The molecule has 1 atom stereocenters. The molecule has 0 saturated heterocycles. The van der Waals surface area contributed by atoms with Crippen molar-refractivity contribution in [1.29, 1.82) is 0 Å². The van der Waals surface area contributed by atoms with Gasteiger partial charge in [-0.15, -0.1) is 0 Å². The Balaban J connectivity index is 4.89. The molecule has 0 radical (unpaired) electrons. The van der Waals surface area contributed by atoms with E-state index in [0.29, 0.717) is 6.54 Å². The zero-order chi connectivity index (χ0) is 16.5. The average molecular weight is 323 g/mol. The van der Waals surface area contributed by atoms with Crippen molar-refractivity contribution in [1.82, 2.24) is 4.57 Å². The SMILES string of the molecule is CCN([SiH2]OC(C)(OC)OC)C(CC(=O)OC)C(=O)OC. The molecule has 0 rings (SSSR count). The molecule has 0 spiro atoms. The van der Waals surface area contributed by atoms with E-state index in [0.717, 1.165) is 0 Å². The van der Waals surface area contributed by atoms with Crippen LogP contribution in [0, 0.1) is 0 Å². The second kappa shape index (κ2) is 9.85. The molecule has 0 aliphatic carbocycles. The van der Waals surface area contributed by atoms with E-state index in [-0.39, 0.29) is 6.42 Å². The predicted molar refractivity (Wildman–Crippen MR) is 76.9 cm³/mol. The fourth-order valence-electron chi connectivity index (χ4n) is 1.54. The summed E-state index contributed by atoms with van der Waals surface area (Å²) in [6.45, 7) is 4.01. The van der Waals surface area contributed by atoms with E-state index >= 15 is 0 Å². The third-order valence-electron chi connectivity index (χ3n) is 3.14. The van der Waals surface area contributed by atoms with Gasteiger partial charge >= 0.3 is 11.9 Å². The fraction of sp³-hybridized carbons (Fsp3) is 0.833. The summed E-state index contributed by atoms with van der Waals surface area (Å²) in [7, 11) is 4.09. The Labute approximate surface area is 127 Å². The van der Waals surface area contributed by atoms with E-state index < -0.39 is 33.9 Å². The van der Waals surface area contributed by atoms with Gasteiger partial charge < -0.3 is 23.4 Å². The number of esters is 2. The molecule has 9 heteroatoms. The Bertz CT molecular complexity index is 336. The quantitative estimate of drug-likeness (QED) is 0.299. The van der Waals surface area contributed by atoms with Crippen LogP contribution in [0.25, 0.3) is 0 Å². The van der Waals surface area contributed by atoms with E-state index in [1.807, 2.05) is 6.92 Å². The zero-order valence-electron chi connectivity index (χ0n) is 13.5. The summed E-state index contributed by atoms with van der Waals surface area (Å²) in [5.41, 5.74) is 0. The van der Waals surface area contributed by atoms with Gasteiger partial charge in [-0.05, 0) is 6.54 Å². The van der Waals surface area contributed by atoms with E-state index in [1.165, 1.54) is 28.4 Å². The van der Waals surface area contributed by atoms with Crippen molar-refractivity contribution < 1.29 is 33.0 Å². The lowest BCUT2D eigenvalue weighted by atomic mass is 10.2. The lowest BCUT2D eigenvalue weighted by molar-refractivity contribution is -0.312. The van der Waals surface area contributed by atoms with Gasteiger partial charge in [-0.2, -0.15) is 0 Å². The minimum Gasteiger partial charge on any atom is -0.469 e. The third-order valence-corrected chi connectivity index (χ3v) is 5.02. The number of nitrogens with zero attached hydrogens (tertiary/aromatic N) is 1. The van der Waals surface area contributed by atoms with Gasteiger partial charge in [0.15, 0.2) is 0 Å². The number of carbonyl (C=O) groups is 2. The predicted octanol–water partition coefficient (Wildman–Crippen LogP) is -0.605. The summed E-state index contributed by atoms with van der Waals surface area (Å²) in [5.74, 6) is -2.17. The highest BCUT2D eigenvalue weighted by molar-refractivity contribution is 6.24. The standard InChI is InChI=1S/C12H25NO7Si/c1-7-13(21-20-12(2,18-5)19-6)9(11(15)17-4)8-10(14)16-3/h9H,7-8,21H2,1-6H3. The molecule has 0 bridgehead atoms.